The van der Waals surface area contributed by atoms with E-state index in [0.717, 1.165) is 5.75 Å². The summed E-state index contributed by atoms with van der Waals surface area (Å²) in [7, 11) is 0. The Kier molecular flexibility index (Phi) is 4.28. The normalized spacial score (nSPS) is 12.8. The lowest BCUT2D eigenvalue weighted by molar-refractivity contribution is 0.611. The Morgan fingerprint density at radius 1 is 1.54 bits per heavy atom. The van der Waals surface area contributed by atoms with Crippen LogP contribution >= 0.6 is 11.8 Å². The number of hydrogen-bond acceptors (Lipinski definition) is 3. The van der Waals surface area contributed by atoms with Gasteiger partial charge in [-0.3, -0.25) is 11.3 Å². The number of nitrogens with two attached hydrogens (primary N) is 1. The van der Waals surface area contributed by atoms with Crippen molar-refractivity contribution in [2.24, 2.45) is 5.84 Å². The van der Waals surface area contributed by atoms with E-state index in [0.29, 0.717) is 0 Å². The van der Waals surface area contributed by atoms with Crippen molar-refractivity contribution in [2.75, 3.05) is 12.0 Å². The zero-order chi connectivity index (χ0) is 9.68. The van der Waals surface area contributed by atoms with Gasteiger partial charge in [-0.2, -0.15) is 11.8 Å². The largest absolute Gasteiger partial charge is 0.271 e. The molecular formula is C10H16N2S. The highest BCUT2D eigenvalue weighted by atomic mass is 32.2. The Morgan fingerprint density at radius 3 is 2.85 bits per heavy atom. The van der Waals surface area contributed by atoms with Gasteiger partial charge in [-0.25, -0.2) is 0 Å². The van der Waals surface area contributed by atoms with Gasteiger partial charge in [0.2, 0.25) is 0 Å². The highest BCUT2D eigenvalue weighted by Crippen LogP contribution is 2.16. The standard InChI is InChI=1S/C10H16N2S/c1-8-4-3-5-9(6-8)10(12-11)7-13-2/h3-6,10,12H,7,11H2,1-2H3. The molecule has 0 heterocycles. The molecule has 0 aromatic heterocycles. The lowest BCUT2D eigenvalue weighted by Crippen LogP contribution is -2.29. The van der Waals surface area contributed by atoms with Crippen molar-refractivity contribution in [3.8, 4) is 0 Å². The second-order valence-corrected chi connectivity index (χ2v) is 4.00. The predicted octanol–water partition coefficient (Wildman–Crippen LogP) is 1.86. The zero-order valence-electron chi connectivity index (χ0n) is 8.08. The number of rotatable bonds is 4. The van der Waals surface area contributed by atoms with E-state index in [4.69, 9.17) is 5.84 Å². The Balaban J connectivity index is 2.78. The van der Waals surface area contributed by atoms with Crippen molar-refractivity contribution in [2.45, 2.75) is 13.0 Å². The van der Waals surface area contributed by atoms with Gasteiger partial charge in [-0.05, 0) is 18.7 Å². The molecule has 0 saturated heterocycles. The minimum atomic E-state index is 0.259. The Hall–Kier alpha value is -0.510. The second kappa shape index (κ2) is 5.27. The molecule has 1 rings (SSSR count). The van der Waals surface area contributed by atoms with Crippen LogP contribution in [0.2, 0.25) is 0 Å². The number of aryl methyl sites for hydroxylation is 1. The monoisotopic (exact) mass is 196 g/mol. The third kappa shape index (κ3) is 3.03. The van der Waals surface area contributed by atoms with Crippen LogP contribution in [0.15, 0.2) is 24.3 Å². The van der Waals surface area contributed by atoms with E-state index in [1.54, 1.807) is 11.8 Å². The first-order valence-electron chi connectivity index (χ1n) is 4.29. The molecule has 0 radical (unpaired) electrons. The fourth-order valence-electron chi connectivity index (χ4n) is 1.29. The van der Waals surface area contributed by atoms with E-state index in [1.807, 2.05) is 0 Å². The first-order chi connectivity index (χ1) is 6.27. The highest BCUT2D eigenvalue weighted by molar-refractivity contribution is 7.98. The summed E-state index contributed by atoms with van der Waals surface area (Å²) < 4.78 is 0. The summed E-state index contributed by atoms with van der Waals surface area (Å²) >= 11 is 1.79. The lowest BCUT2D eigenvalue weighted by atomic mass is 10.1. The maximum Gasteiger partial charge on any atom is 0.0550 e. The predicted molar refractivity (Wildman–Crippen MR) is 59.6 cm³/mol. The van der Waals surface area contributed by atoms with E-state index in [-0.39, 0.29) is 6.04 Å². The molecule has 0 saturated carbocycles. The van der Waals surface area contributed by atoms with E-state index in [1.165, 1.54) is 11.1 Å². The topological polar surface area (TPSA) is 38.0 Å². The first kappa shape index (κ1) is 10.6. The zero-order valence-corrected chi connectivity index (χ0v) is 8.90. The second-order valence-electron chi connectivity index (χ2n) is 3.09. The Morgan fingerprint density at radius 2 is 2.31 bits per heavy atom. The fourth-order valence-corrected chi connectivity index (χ4v) is 1.92. The molecule has 0 aliphatic carbocycles. The molecule has 0 bridgehead atoms. The summed E-state index contributed by atoms with van der Waals surface area (Å²) in [4.78, 5) is 0. The fraction of sp³-hybridized carbons (Fsp3) is 0.400. The van der Waals surface area contributed by atoms with Crippen LogP contribution in [-0.2, 0) is 0 Å². The number of hydrogen-bond donors (Lipinski definition) is 2. The Labute approximate surface area is 83.9 Å². The molecule has 2 nitrogen and oxygen atoms in total. The summed E-state index contributed by atoms with van der Waals surface area (Å²) in [5, 5.41) is 0. The molecule has 3 N–H and O–H groups in total. The van der Waals surface area contributed by atoms with Crippen molar-refractivity contribution in [1.82, 2.24) is 5.43 Å². The molecule has 0 spiro atoms. The summed E-state index contributed by atoms with van der Waals surface area (Å²) in [6.45, 7) is 2.09. The van der Waals surface area contributed by atoms with Gasteiger partial charge >= 0.3 is 0 Å². The Bertz CT molecular complexity index is 263. The van der Waals surface area contributed by atoms with Crippen LogP contribution in [0.5, 0.6) is 0 Å². The minimum Gasteiger partial charge on any atom is -0.271 e. The molecule has 1 atom stereocenters. The van der Waals surface area contributed by atoms with Crippen molar-refractivity contribution in [3.63, 3.8) is 0 Å². The molecule has 72 valence electrons. The van der Waals surface area contributed by atoms with Crippen LogP contribution in [0.3, 0.4) is 0 Å². The van der Waals surface area contributed by atoms with Gasteiger partial charge in [-0.1, -0.05) is 29.8 Å². The number of hydrazine groups is 1. The van der Waals surface area contributed by atoms with Gasteiger partial charge < -0.3 is 0 Å². The molecule has 3 heteroatoms. The van der Waals surface area contributed by atoms with Gasteiger partial charge in [0.1, 0.15) is 0 Å². The first-order valence-corrected chi connectivity index (χ1v) is 5.69. The van der Waals surface area contributed by atoms with Gasteiger partial charge in [-0.15, -0.1) is 0 Å². The average molecular weight is 196 g/mol. The molecule has 1 unspecified atom stereocenters. The molecule has 0 amide bonds. The highest BCUT2D eigenvalue weighted by Gasteiger charge is 2.07. The van der Waals surface area contributed by atoms with Gasteiger partial charge in [0.05, 0.1) is 6.04 Å². The molecule has 0 fully saturated rings. The van der Waals surface area contributed by atoms with Gasteiger partial charge in [0.25, 0.3) is 0 Å². The molecular weight excluding hydrogens is 180 g/mol. The summed E-state index contributed by atoms with van der Waals surface area (Å²) in [6, 6.07) is 8.69. The number of benzene rings is 1. The number of nitrogens with one attached hydrogen (secondary N) is 1. The van der Waals surface area contributed by atoms with Crippen molar-refractivity contribution >= 4 is 11.8 Å². The third-order valence-corrected chi connectivity index (χ3v) is 2.65. The van der Waals surface area contributed by atoms with Crippen molar-refractivity contribution in [3.05, 3.63) is 35.4 Å². The molecule has 13 heavy (non-hydrogen) atoms. The van der Waals surface area contributed by atoms with Gasteiger partial charge in [0.15, 0.2) is 0 Å². The minimum absolute atomic E-state index is 0.259. The van der Waals surface area contributed by atoms with E-state index in [2.05, 4.69) is 42.9 Å². The van der Waals surface area contributed by atoms with Crippen molar-refractivity contribution < 1.29 is 0 Å². The van der Waals surface area contributed by atoms with E-state index >= 15 is 0 Å². The van der Waals surface area contributed by atoms with Crippen LogP contribution in [0.25, 0.3) is 0 Å². The smallest absolute Gasteiger partial charge is 0.0550 e. The maximum atomic E-state index is 5.48. The average Bonchev–Trinajstić information content (AvgIpc) is 2.14. The quantitative estimate of drug-likeness (QED) is 0.570. The van der Waals surface area contributed by atoms with E-state index < -0.39 is 0 Å². The molecule has 0 aliphatic rings. The summed E-state index contributed by atoms with van der Waals surface area (Å²) in [5.74, 6) is 6.48. The van der Waals surface area contributed by atoms with Crippen LogP contribution < -0.4 is 11.3 Å². The van der Waals surface area contributed by atoms with Gasteiger partial charge in [0, 0.05) is 5.75 Å². The van der Waals surface area contributed by atoms with Crippen LogP contribution in [0, 0.1) is 6.92 Å². The molecule has 0 aliphatic heterocycles. The summed E-state index contributed by atoms with van der Waals surface area (Å²) in [5.41, 5.74) is 5.36. The van der Waals surface area contributed by atoms with Crippen LogP contribution in [0.4, 0.5) is 0 Å². The SMILES string of the molecule is CSCC(NN)c1cccc(C)c1. The van der Waals surface area contributed by atoms with Crippen LogP contribution in [0.1, 0.15) is 17.2 Å². The van der Waals surface area contributed by atoms with Crippen LogP contribution in [-0.4, -0.2) is 12.0 Å². The van der Waals surface area contributed by atoms with E-state index in [9.17, 15) is 0 Å². The molecule has 1 aromatic carbocycles. The lowest BCUT2D eigenvalue weighted by Gasteiger charge is -2.15. The molecule has 1 aromatic rings. The summed E-state index contributed by atoms with van der Waals surface area (Å²) in [6.07, 6.45) is 2.08. The van der Waals surface area contributed by atoms with Crippen molar-refractivity contribution in [1.29, 1.82) is 0 Å². The number of thioether (sulfide) groups is 1. The maximum absolute atomic E-state index is 5.48. The third-order valence-electron chi connectivity index (χ3n) is 1.98.